The standard InChI is InChI=1S/C29H36N8O2/c1-4-6-7-21-18-30-26(17-22(21)20-38)37-27-25(28(39)36(37)12-5-2)19-31-29(33-27)32-23-8-10-24(11-9-23)35-15-13-34(3)14-16-35/h5,8-11,17-19,38H,2,4,6-7,12-16,20H2,1,3H3,(H,31,32,33). The van der Waals surface area contributed by atoms with E-state index in [9.17, 15) is 9.90 Å². The lowest BCUT2D eigenvalue weighted by Gasteiger charge is -2.34. The number of nitrogens with zero attached hydrogens (tertiary/aromatic N) is 7. The number of aliphatic hydroxyl groups is 1. The van der Waals surface area contributed by atoms with Gasteiger partial charge in [-0.15, -0.1) is 6.58 Å². The molecule has 204 valence electrons. The number of hydrogen-bond acceptors (Lipinski definition) is 8. The lowest BCUT2D eigenvalue weighted by Crippen LogP contribution is -2.44. The number of aromatic nitrogens is 5. The maximum atomic E-state index is 13.3. The summed E-state index contributed by atoms with van der Waals surface area (Å²) in [5.74, 6) is 0.885. The molecule has 0 spiro atoms. The third-order valence-corrected chi connectivity index (χ3v) is 7.22. The summed E-state index contributed by atoms with van der Waals surface area (Å²) in [6.45, 7) is 10.2. The van der Waals surface area contributed by atoms with Gasteiger partial charge in [-0.05, 0) is 61.3 Å². The van der Waals surface area contributed by atoms with Crippen LogP contribution in [0.15, 0.2) is 60.2 Å². The molecule has 10 heteroatoms. The van der Waals surface area contributed by atoms with Crippen LogP contribution in [-0.4, -0.2) is 67.5 Å². The van der Waals surface area contributed by atoms with E-state index in [2.05, 4.69) is 57.8 Å². The molecule has 39 heavy (non-hydrogen) atoms. The minimum atomic E-state index is -0.226. The monoisotopic (exact) mass is 528 g/mol. The molecule has 3 aromatic heterocycles. The van der Waals surface area contributed by atoms with Crippen LogP contribution in [0.4, 0.5) is 17.3 Å². The van der Waals surface area contributed by atoms with E-state index in [-0.39, 0.29) is 18.7 Å². The number of anilines is 3. The van der Waals surface area contributed by atoms with Gasteiger partial charge in [0, 0.05) is 49.9 Å². The Balaban J connectivity index is 1.48. The largest absolute Gasteiger partial charge is 0.392 e. The fourth-order valence-electron chi connectivity index (χ4n) is 4.93. The van der Waals surface area contributed by atoms with Crippen LogP contribution in [-0.2, 0) is 19.6 Å². The van der Waals surface area contributed by atoms with Gasteiger partial charge < -0.3 is 20.2 Å². The zero-order chi connectivity index (χ0) is 27.4. The summed E-state index contributed by atoms with van der Waals surface area (Å²) >= 11 is 0. The number of rotatable bonds is 10. The molecule has 0 saturated carbocycles. The molecule has 0 atom stereocenters. The van der Waals surface area contributed by atoms with E-state index in [0.717, 1.165) is 62.3 Å². The van der Waals surface area contributed by atoms with Crippen LogP contribution in [0.1, 0.15) is 30.9 Å². The zero-order valence-corrected chi connectivity index (χ0v) is 22.7. The van der Waals surface area contributed by atoms with Gasteiger partial charge in [-0.25, -0.2) is 19.3 Å². The first-order chi connectivity index (χ1) is 19.0. The first kappa shape index (κ1) is 26.6. The second-order valence-electron chi connectivity index (χ2n) is 9.95. The third kappa shape index (κ3) is 5.57. The Hall–Kier alpha value is -4.02. The number of pyridine rings is 1. The van der Waals surface area contributed by atoms with Crippen LogP contribution >= 0.6 is 0 Å². The molecular formula is C29H36N8O2. The number of piperazine rings is 1. The molecule has 4 heterocycles. The number of fused-ring (bicyclic) bond motifs is 1. The number of nitrogens with one attached hydrogen (secondary N) is 1. The first-order valence-corrected chi connectivity index (χ1v) is 13.5. The smallest absolute Gasteiger partial charge is 0.278 e. The summed E-state index contributed by atoms with van der Waals surface area (Å²) in [6.07, 6.45) is 7.90. The molecule has 0 bridgehead atoms. The van der Waals surface area contributed by atoms with Gasteiger partial charge in [0.05, 0.1) is 13.2 Å². The lowest BCUT2D eigenvalue weighted by molar-refractivity contribution is 0.280. The molecule has 1 aliphatic heterocycles. The molecule has 0 unspecified atom stereocenters. The maximum Gasteiger partial charge on any atom is 0.278 e. The number of unbranched alkanes of at least 4 members (excludes halogenated alkanes) is 1. The number of likely N-dealkylation sites (N-methyl/N-ethyl adjacent to an activating group) is 1. The maximum absolute atomic E-state index is 13.3. The summed E-state index contributed by atoms with van der Waals surface area (Å²) in [4.78, 5) is 31.8. The van der Waals surface area contributed by atoms with E-state index in [0.29, 0.717) is 22.8 Å². The number of aliphatic hydroxyl groups excluding tert-OH is 1. The van der Waals surface area contributed by atoms with Crippen molar-refractivity contribution in [3.8, 4) is 5.82 Å². The normalized spacial score (nSPS) is 14.2. The van der Waals surface area contributed by atoms with Crippen molar-refractivity contribution >= 4 is 28.4 Å². The first-order valence-electron chi connectivity index (χ1n) is 13.5. The Labute approximate surface area is 228 Å². The Morgan fingerprint density at radius 2 is 1.85 bits per heavy atom. The van der Waals surface area contributed by atoms with Crippen molar-refractivity contribution in [1.29, 1.82) is 0 Å². The fraction of sp³-hybridized carbons (Fsp3) is 0.379. The van der Waals surface area contributed by atoms with Crippen LogP contribution in [0.2, 0.25) is 0 Å². The van der Waals surface area contributed by atoms with Gasteiger partial charge in [-0.1, -0.05) is 19.4 Å². The van der Waals surface area contributed by atoms with Crippen LogP contribution in [0.3, 0.4) is 0 Å². The van der Waals surface area contributed by atoms with Crippen molar-refractivity contribution < 1.29 is 5.11 Å². The van der Waals surface area contributed by atoms with Crippen molar-refractivity contribution in [3.05, 3.63) is 76.9 Å². The van der Waals surface area contributed by atoms with E-state index in [1.165, 1.54) is 10.4 Å². The number of benzene rings is 1. The summed E-state index contributed by atoms with van der Waals surface area (Å²) in [6, 6.07) is 10.1. The molecule has 0 radical (unpaired) electrons. The average molecular weight is 529 g/mol. The van der Waals surface area contributed by atoms with Crippen LogP contribution in [0, 0.1) is 0 Å². The molecule has 1 fully saturated rings. The second-order valence-corrected chi connectivity index (χ2v) is 9.95. The van der Waals surface area contributed by atoms with Crippen LogP contribution < -0.4 is 15.8 Å². The molecule has 1 saturated heterocycles. The highest BCUT2D eigenvalue weighted by Crippen LogP contribution is 2.23. The Bertz CT molecular complexity index is 1500. The van der Waals surface area contributed by atoms with Crippen molar-refractivity contribution in [2.45, 2.75) is 39.3 Å². The minimum absolute atomic E-state index is 0.106. The molecular weight excluding hydrogens is 492 g/mol. The number of hydrogen-bond donors (Lipinski definition) is 2. The summed E-state index contributed by atoms with van der Waals surface area (Å²) in [7, 11) is 2.15. The van der Waals surface area contributed by atoms with Gasteiger partial charge in [0.25, 0.3) is 5.56 Å². The summed E-state index contributed by atoms with van der Waals surface area (Å²) in [5.41, 5.74) is 4.05. The fourth-order valence-corrected chi connectivity index (χ4v) is 4.93. The van der Waals surface area contributed by atoms with Gasteiger partial charge >= 0.3 is 0 Å². The molecule has 1 aliphatic rings. The number of aryl methyl sites for hydroxylation is 1. The van der Waals surface area contributed by atoms with Gasteiger partial charge in [0.1, 0.15) is 5.39 Å². The minimum Gasteiger partial charge on any atom is -0.392 e. The number of allylic oxidation sites excluding steroid dienone is 1. The molecule has 4 aromatic rings. The Morgan fingerprint density at radius 3 is 2.54 bits per heavy atom. The Morgan fingerprint density at radius 1 is 1.08 bits per heavy atom. The SMILES string of the molecule is C=CCn1c(=O)c2cnc(Nc3ccc(N4CCN(C)CC4)cc3)nc2n1-c1cc(CO)c(CCCC)cn1. The van der Waals surface area contributed by atoms with Crippen LogP contribution in [0.25, 0.3) is 16.9 Å². The predicted octanol–water partition coefficient (Wildman–Crippen LogP) is 3.49. The van der Waals surface area contributed by atoms with Crippen molar-refractivity contribution in [2.24, 2.45) is 0 Å². The topological polar surface area (TPSA) is 104 Å². The van der Waals surface area contributed by atoms with E-state index >= 15 is 0 Å². The van der Waals surface area contributed by atoms with Gasteiger partial charge in [-0.2, -0.15) is 4.98 Å². The highest BCUT2D eigenvalue weighted by atomic mass is 16.3. The highest BCUT2D eigenvalue weighted by Gasteiger charge is 2.19. The lowest BCUT2D eigenvalue weighted by atomic mass is 10.1. The van der Waals surface area contributed by atoms with Crippen molar-refractivity contribution in [2.75, 3.05) is 43.4 Å². The molecule has 0 aliphatic carbocycles. The highest BCUT2D eigenvalue weighted by molar-refractivity contribution is 5.77. The van der Waals surface area contributed by atoms with E-state index < -0.39 is 0 Å². The van der Waals surface area contributed by atoms with E-state index in [1.807, 2.05) is 18.2 Å². The van der Waals surface area contributed by atoms with Gasteiger partial charge in [0.2, 0.25) is 5.95 Å². The molecule has 0 amide bonds. The zero-order valence-electron chi connectivity index (χ0n) is 22.7. The third-order valence-electron chi connectivity index (χ3n) is 7.22. The molecule has 2 N–H and O–H groups in total. The predicted molar refractivity (Wildman–Crippen MR) is 155 cm³/mol. The van der Waals surface area contributed by atoms with Crippen LogP contribution in [0.5, 0.6) is 0 Å². The van der Waals surface area contributed by atoms with Crippen molar-refractivity contribution in [3.63, 3.8) is 0 Å². The molecule has 5 rings (SSSR count). The van der Waals surface area contributed by atoms with E-state index in [1.54, 1.807) is 23.2 Å². The van der Waals surface area contributed by atoms with Crippen molar-refractivity contribution in [1.82, 2.24) is 29.2 Å². The average Bonchev–Trinajstić information content (AvgIpc) is 3.23. The van der Waals surface area contributed by atoms with Gasteiger partial charge in [0.15, 0.2) is 11.5 Å². The summed E-state index contributed by atoms with van der Waals surface area (Å²) < 4.78 is 3.22. The van der Waals surface area contributed by atoms with Gasteiger partial charge in [-0.3, -0.25) is 4.79 Å². The van der Waals surface area contributed by atoms with E-state index in [4.69, 9.17) is 4.98 Å². The Kier molecular flexibility index (Phi) is 8.04. The summed E-state index contributed by atoms with van der Waals surface area (Å²) in [5, 5.41) is 13.7. The quantitative estimate of drug-likeness (QED) is 0.302. The molecule has 10 nitrogen and oxygen atoms in total. The molecule has 1 aromatic carbocycles. The second kappa shape index (κ2) is 11.8.